The van der Waals surface area contributed by atoms with E-state index in [1.807, 2.05) is 29.2 Å². The Balaban J connectivity index is 1.57. The summed E-state index contributed by atoms with van der Waals surface area (Å²) in [6.45, 7) is 8.22. The Hall–Kier alpha value is -1.82. The number of aromatic amines is 1. The Morgan fingerprint density at radius 1 is 1.25 bits per heavy atom. The van der Waals surface area contributed by atoms with Crippen LogP contribution in [0.5, 0.6) is 0 Å². The molecule has 0 aliphatic carbocycles. The number of aryl methyl sites for hydroxylation is 1. The highest BCUT2D eigenvalue weighted by molar-refractivity contribution is 7.99. The molecule has 0 saturated carbocycles. The van der Waals surface area contributed by atoms with Gasteiger partial charge in [0.15, 0.2) is 5.82 Å². The van der Waals surface area contributed by atoms with Crippen molar-refractivity contribution in [1.82, 2.24) is 20.1 Å². The molecule has 2 atom stereocenters. The van der Waals surface area contributed by atoms with Crippen LogP contribution >= 0.6 is 11.8 Å². The Labute approximate surface area is 147 Å². The van der Waals surface area contributed by atoms with Crippen molar-refractivity contribution in [1.29, 1.82) is 0 Å². The van der Waals surface area contributed by atoms with Crippen molar-refractivity contribution in [2.45, 2.75) is 32.3 Å². The van der Waals surface area contributed by atoms with Gasteiger partial charge in [0.05, 0.1) is 5.75 Å². The average Bonchev–Trinajstić information content (AvgIpc) is 3.01. The lowest BCUT2D eigenvalue weighted by Crippen LogP contribution is -2.43. The van der Waals surface area contributed by atoms with E-state index in [9.17, 15) is 4.79 Å². The number of amides is 1. The summed E-state index contributed by atoms with van der Waals surface area (Å²) in [5.41, 5.74) is 2.22. The largest absolute Gasteiger partial charge is 0.341 e. The van der Waals surface area contributed by atoms with Crippen molar-refractivity contribution in [2.75, 3.05) is 18.8 Å². The quantitative estimate of drug-likeness (QED) is 0.864. The molecule has 0 bridgehead atoms. The molecule has 1 aromatic heterocycles. The SMILES string of the molecule is Cc1ccc(-c2nc(SCC(=O)N3C[C@H](C)C[C@H](C)C3)n[nH]2)cc1. The number of carbonyl (C=O) groups excluding carboxylic acids is 1. The minimum Gasteiger partial charge on any atom is -0.341 e. The summed E-state index contributed by atoms with van der Waals surface area (Å²) in [5.74, 6) is 2.48. The van der Waals surface area contributed by atoms with Crippen LogP contribution in [0.2, 0.25) is 0 Å². The molecular formula is C18H24N4OS. The van der Waals surface area contributed by atoms with Gasteiger partial charge in [-0.15, -0.1) is 5.10 Å². The Morgan fingerprint density at radius 2 is 1.92 bits per heavy atom. The molecule has 1 aromatic carbocycles. The second-order valence-electron chi connectivity index (χ2n) is 6.87. The molecule has 1 N–H and O–H groups in total. The molecule has 1 aliphatic rings. The molecule has 24 heavy (non-hydrogen) atoms. The van der Waals surface area contributed by atoms with Crippen LogP contribution in [0.4, 0.5) is 0 Å². The topological polar surface area (TPSA) is 61.9 Å². The third-order valence-electron chi connectivity index (χ3n) is 4.34. The first kappa shape index (κ1) is 17.0. The highest BCUT2D eigenvalue weighted by atomic mass is 32.2. The summed E-state index contributed by atoms with van der Waals surface area (Å²) >= 11 is 1.40. The van der Waals surface area contributed by atoms with Crippen molar-refractivity contribution < 1.29 is 4.79 Å². The number of piperidine rings is 1. The number of hydrogen-bond acceptors (Lipinski definition) is 4. The van der Waals surface area contributed by atoms with Gasteiger partial charge in [0.25, 0.3) is 0 Å². The summed E-state index contributed by atoms with van der Waals surface area (Å²) in [4.78, 5) is 18.9. The van der Waals surface area contributed by atoms with Gasteiger partial charge in [0.2, 0.25) is 11.1 Å². The van der Waals surface area contributed by atoms with Gasteiger partial charge in [0.1, 0.15) is 0 Å². The van der Waals surface area contributed by atoms with Gasteiger partial charge in [-0.3, -0.25) is 9.89 Å². The molecule has 128 valence electrons. The van der Waals surface area contributed by atoms with Crippen LogP contribution in [0, 0.1) is 18.8 Å². The van der Waals surface area contributed by atoms with E-state index in [0.717, 1.165) is 24.5 Å². The lowest BCUT2D eigenvalue weighted by molar-refractivity contribution is -0.130. The minimum atomic E-state index is 0.181. The van der Waals surface area contributed by atoms with Gasteiger partial charge in [0, 0.05) is 18.7 Å². The first-order valence-electron chi connectivity index (χ1n) is 8.41. The molecule has 0 unspecified atom stereocenters. The fourth-order valence-electron chi connectivity index (χ4n) is 3.24. The van der Waals surface area contributed by atoms with Gasteiger partial charge >= 0.3 is 0 Å². The van der Waals surface area contributed by atoms with E-state index >= 15 is 0 Å². The van der Waals surface area contributed by atoms with Crippen molar-refractivity contribution in [3.8, 4) is 11.4 Å². The zero-order valence-corrected chi connectivity index (χ0v) is 15.3. The molecular weight excluding hydrogens is 320 g/mol. The van der Waals surface area contributed by atoms with Crippen LogP contribution < -0.4 is 0 Å². The van der Waals surface area contributed by atoms with Crippen LogP contribution in [0.3, 0.4) is 0 Å². The molecule has 1 aliphatic heterocycles. The monoisotopic (exact) mass is 344 g/mol. The molecule has 6 heteroatoms. The summed E-state index contributed by atoms with van der Waals surface area (Å²) in [5, 5.41) is 7.79. The Bertz CT molecular complexity index is 687. The molecule has 1 saturated heterocycles. The number of nitrogens with zero attached hydrogens (tertiary/aromatic N) is 3. The molecule has 1 fully saturated rings. The maximum absolute atomic E-state index is 12.4. The van der Waals surface area contributed by atoms with Crippen LogP contribution in [-0.4, -0.2) is 44.8 Å². The van der Waals surface area contributed by atoms with Crippen molar-refractivity contribution in [3.05, 3.63) is 29.8 Å². The number of hydrogen-bond donors (Lipinski definition) is 1. The van der Waals surface area contributed by atoms with Gasteiger partial charge in [-0.2, -0.15) is 0 Å². The van der Waals surface area contributed by atoms with Gasteiger partial charge < -0.3 is 4.90 Å². The zero-order valence-electron chi connectivity index (χ0n) is 14.5. The number of benzene rings is 1. The highest BCUT2D eigenvalue weighted by Crippen LogP contribution is 2.23. The smallest absolute Gasteiger partial charge is 0.233 e. The second kappa shape index (κ2) is 7.38. The van der Waals surface area contributed by atoms with Crippen LogP contribution in [0.25, 0.3) is 11.4 Å². The average molecular weight is 344 g/mol. The van der Waals surface area contributed by atoms with E-state index in [1.54, 1.807) is 0 Å². The number of H-pyrrole nitrogens is 1. The minimum absolute atomic E-state index is 0.181. The van der Waals surface area contributed by atoms with E-state index in [0.29, 0.717) is 22.7 Å². The maximum atomic E-state index is 12.4. The predicted octanol–water partition coefficient (Wildman–Crippen LogP) is 3.38. The number of thioether (sulfide) groups is 1. The van der Waals surface area contributed by atoms with Crippen LogP contribution in [0.1, 0.15) is 25.8 Å². The third kappa shape index (κ3) is 4.17. The van der Waals surface area contributed by atoms with Gasteiger partial charge in [-0.1, -0.05) is 55.4 Å². The van der Waals surface area contributed by atoms with Crippen molar-refractivity contribution in [2.24, 2.45) is 11.8 Å². The fourth-order valence-corrected chi connectivity index (χ4v) is 3.94. The highest BCUT2D eigenvalue weighted by Gasteiger charge is 2.25. The van der Waals surface area contributed by atoms with Crippen LogP contribution in [-0.2, 0) is 4.79 Å². The fraction of sp³-hybridized carbons (Fsp3) is 0.500. The predicted molar refractivity (Wildman–Crippen MR) is 96.8 cm³/mol. The summed E-state index contributed by atoms with van der Waals surface area (Å²) in [6, 6.07) is 8.14. The summed E-state index contributed by atoms with van der Waals surface area (Å²) < 4.78 is 0. The standard InChI is InChI=1S/C18H24N4OS/c1-12-4-6-15(7-5-12)17-19-18(21-20-17)24-11-16(23)22-9-13(2)8-14(3)10-22/h4-7,13-14H,8-11H2,1-3H3,(H,19,20,21)/t13-,14+. The van der Waals surface area contributed by atoms with Gasteiger partial charge in [-0.25, -0.2) is 4.98 Å². The molecule has 5 nitrogen and oxygen atoms in total. The van der Waals surface area contributed by atoms with E-state index in [2.05, 4.69) is 36.0 Å². The Kier molecular flexibility index (Phi) is 5.23. The molecule has 1 amide bonds. The normalized spacial score (nSPS) is 21.0. The van der Waals surface area contributed by atoms with E-state index in [1.165, 1.54) is 23.7 Å². The van der Waals surface area contributed by atoms with Crippen LogP contribution in [0.15, 0.2) is 29.4 Å². The van der Waals surface area contributed by atoms with Crippen molar-refractivity contribution in [3.63, 3.8) is 0 Å². The number of likely N-dealkylation sites (tertiary alicyclic amines) is 1. The number of aromatic nitrogens is 3. The number of rotatable bonds is 4. The molecule has 0 spiro atoms. The lowest BCUT2D eigenvalue weighted by atomic mass is 9.92. The molecule has 2 heterocycles. The molecule has 3 rings (SSSR count). The number of carbonyl (C=O) groups is 1. The maximum Gasteiger partial charge on any atom is 0.233 e. The Morgan fingerprint density at radius 3 is 2.58 bits per heavy atom. The van der Waals surface area contributed by atoms with E-state index in [-0.39, 0.29) is 5.91 Å². The first-order chi connectivity index (χ1) is 11.5. The molecule has 0 radical (unpaired) electrons. The van der Waals surface area contributed by atoms with E-state index in [4.69, 9.17) is 0 Å². The zero-order chi connectivity index (χ0) is 17.1. The van der Waals surface area contributed by atoms with Gasteiger partial charge in [-0.05, 0) is 25.2 Å². The van der Waals surface area contributed by atoms with Crippen molar-refractivity contribution >= 4 is 17.7 Å². The van der Waals surface area contributed by atoms with E-state index < -0.39 is 0 Å². The number of nitrogens with one attached hydrogen (secondary N) is 1. The summed E-state index contributed by atoms with van der Waals surface area (Å²) in [6.07, 6.45) is 1.21. The summed E-state index contributed by atoms with van der Waals surface area (Å²) in [7, 11) is 0. The lowest BCUT2D eigenvalue weighted by Gasteiger charge is -2.34. The molecule has 2 aromatic rings. The third-order valence-corrected chi connectivity index (χ3v) is 5.17. The first-order valence-corrected chi connectivity index (χ1v) is 9.40. The second-order valence-corrected chi connectivity index (χ2v) is 7.81.